The first kappa shape index (κ1) is 14.8. The molecule has 0 saturated heterocycles. The summed E-state index contributed by atoms with van der Waals surface area (Å²) in [6.45, 7) is 0.362. The third kappa shape index (κ3) is 2.63. The van der Waals surface area contributed by atoms with Gasteiger partial charge in [-0.15, -0.1) is 0 Å². The highest BCUT2D eigenvalue weighted by Crippen LogP contribution is 2.34. The van der Waals surface area contributed by atoms with Gasteiger partial charge in [-0.3, -0.25) is 9.78 Å². The van der Waals surface area contributed by atoms with Gasteiger partial charge in [-0.1, -0.05) is 17.7 Å². The predicted molar refractivity (Wildman–Crippen MR) is 90.6 cm³/mol. The van der Waals surface area contributed by atoms with Gasteiger partial charge in [0, 0.05) is 16.9 Å². The van der Waals surface area contributed by atoms with Crippen LogP contribution in [0.1, 0.15) is 28.0 Å². The molecule has 3 heterocycles. The van der Waals surface area contributed by atoms with Crippen LogP contribution in [0.2, 0.25) is 5.02 Å². The molecule has 1 atom stereocenters. The molecule has 24 heavy (non-hydrogen) atoms. The van der Waals surface area contributed by atoms with Crippen LogP contribution in [-0.2, 0) is 6.54 Å². The Hall–Kier alpha value is -2.79. The molecule has 5 nitrogen and oxygen atoms in total. The van der Waals surface area contributed by atoms with Crippen LogP contribution in [0.5, 0.6) is 0 Å². The normalized spacial score (nSPS) is 16.3. The summed E-state index contributed by atoms with van der Waals surface area (Å²) in [6.07, 6.45) is 2.91. The number of aromatic nitrogens is 1. The molecule has 1 N–H and O–H groups in total. The van der Waals surface area contributed by atoms with E-state index in [1.165, 1.54) is 0 Å². The number of fused-ring (bicyclic) bond motifs is 1. The quantitative estimate of drug-likeness (QED) is 0.777. The molecule has 0 radical (unpaired) electrons. The van der Waals surface area contributed by atoms with Gasteiger partial charge in [0.2, 0.25) is 0 Å². The van der Waals surface area contributed by atoms with E-state index in [0.29, 0.717) is 28.6 Å². The summed E-state index contributed by atoms with van der Waals surface area (Å²) >= 11 is 6.06. The van der Waals surface area contributed by atoms with E-state index >= 15 is 0 Å². The number of amides is 1. The molecule has 0 aliphatic carbocycles. The van der Waals surface area contributed by atoms with E-state index in [9.17, 15) is 4.79 Å². The molecule has 0 spiro atoms. The topological polar surface area (TPSA) is 58.4 Å². The summed E-state index contributed by atoms with van der Waals surface area (Å²) < 4.78 is 5.40. The molecule has 120 valence electrons. The number of hydrogen-bond donors (Lipinski definition) is 1. The molecule has 0 saturated carbocycles. The molecule has 0 bridgehead atoms. The number of furan rings is 1. The zero-order chi connectivity index (χ0) is 16.5. The van der Waals surface area contributed by atoms with Crippen molar-refractivity contribution in [3.05, 3.63) is 83.0 Å². The average molecular weight is 340 g/mol. The van der Waals surface area contributed by atoms with Crippen molar-refractivity contribution in [2.24, 2.45) is 0 Å². The molecule has 3 aromatic rings. The number of rotatable bonds is 4. The van der Waals surface area contributed by atoms with Crippen LogP contribution in [0.25, 0.3) is 0 Å². The predicted octanol–water partition coefficient (Wildman–Crippen LogP) is 4.09. The number of pyridine rings is 1. The summed E-state index contributed by atoms with van der Waals surface area (Å²) in [6, 6.07) is 14.6. The molecule has 1 aliphatic rings. The van der Waals surface area contributed by atoms with Crippen LogP contribution in [0.15, 0.2) is 65.4 Å². The number of anilines is 1. The van der Waals surface area contributed by atoms with E-state index in [2.05, 4.69) is 10.3 Å². The Labute approximate surface area is 143 Å². The fraction of sp³-hybridized carbons (Fsp3) is 0.111. The smallest absolute Gasteiger partial charge is 0.258 e. The first-order valence-corrected chi connectivity index (χ1v) is 7.90. The molecule has 1 aromatic carbocycles. The van der Waals surface area contributed by atoms with Crippen LogP contribution < -0.4 is 5.32 Å². The van der Waals surface area contributed by atoms with E-state index < -0.39 is 0 Å². The van der Waals surface area contributed by atoms with Gasteiger partial charge in [-0.25, -0.2) is 0 Å². The summed E-state index contributed by atoms with van der Waals surface area (Å²) in [5, 5.41) is 3.98. The molecular formula is C18H14ClN3O2. The highest BCUT2D eigenvalue weighted by Gasteiger charge is 2.38. The lowest BCUT2D eigenvalue weighted by molar-refractivity contribution is 0.0714. The van der Waals surface area contributed by atoms with Crippen molar-refractivity contribution in [3.63, 3.8) is 0 Å². The molecule has 1 aliphatic heterocycles. The summed E-state index contributed by atoms with van der Waals surface area (Å²) in [5.41, 5.74) is 2.13. The number of nitrogens with one attached hydrogen (secondary N) is 1. The van der Waals surface area contributed by atoms with Crippen molar-refractivity contribution < 1.29 is 9.21 Å². The number of nitrogens with zero attached hydrogens (tertiary/aromatic N) is 2. The monoisotopic (exact) mass is 339 g/mol. The fourth-order valence-corrected chi connectivity index (χ4v) is 3.04. The van der Waals surface area contributed by atoms with Crippen LogP contribution in [0.3, 0.4) is 0 Å². The number of benzene rings is 1. The Balaban J connectivity index is 1.70. The number of halogens is 1. The van der Waals surface area contributed by atoms with Crippen LogP contribution in [-0.4, -0.2) is 15.8 Å². The Morgan fingerprint density at radius 3 is 2.92 bits per heavy atom. The Morgan fingerprint density at radius 1 is 1.21 bits per heavy atom. The Morgan fingerprint density at radius 2 is 2.12 bits per heavy atom. The number of carbonyl (C=O) groups excluding carboxylic acids is 1. The molecular weight excluding hydrogens is 326 g/mol. The van der Waals surface area contributed by atoms with Crippen molar-refractivity contribution in [1.82, 2.24) is 9.88 Å². The average Bonchev–Trinajstić information content (AvgIpc) is 3.18. The maximum atomic E-state index is 12.8. The van der Waals surface area contributed by atoms with Gasteiger partial charge < -0.3 is 14.6 Å². The van der Waals surface area contributed by atoms with Crippen molar-refractivity contribution in [3.8, 4) is 0 Å². The van der Waals surface area contributed by atoms with Crippen molar-refractivity contribution in [1.29, 1.82) is 0 Å². The zero-order valence-corrected chi connectivity index (χ0v) is 13.4. The first-order valence-electron chi connectivity index (χ1n) is 7.53. The van der Waals surface area contributed by atoms with Crippen molar-refractivity contribution >= 4 is 23.2 Å². The summed E-state index contributed by atoms with van der Waals surface area (Å²) in [7, 11) is 0. The molecule has 6 heteroatoms. The molecule has 4 rings (SSSR count). The van der Waals surface area contributed by atoms with E-state index in [-0.39, 0.29) is 12.1 Å². The van der Waals surface area contributed by atoms with Gasteiger partial charge in [0.25, 0.3) is 5.91 Å². The molecule has 0 unspecified atom stereocenters. The minimum atomic E-state index is -0.378. The standard InChI is InChI=1S/C18H14ClN3O2/c19-12-4-1-5-13(10-12)21-17-16-15(7-2-8-20-16)18(23)22(17)11-14-6-3-9-24-14/h1-10,17,21H,11H2/t17-/m0/s1. The Bertz CT molecular complexity index is 879. The highest BCUT2D eigenvalue weighted by molar-refractivity contribution is 6.30. The third-order valence-electron chi connectivity index (χ3n) is 3.93. The van der Waals surface area contributed by atoms with Crippen molar-refractivity contribution in [2.45, 2.75) is 12.7 Å². The van der Waals surface area contributed by atoms with E-state index in [1.807, 2.05) is 24.3 Å². The first-order chi connectivity index (χ1) is 11.7. The minimum absolute atomic E-state index is 0.0750. The van der Waals surface area contributed by atoms with E-state index in [0.717, 1.165) is 5.69 Å². The lowest BCUT2D eigenvalue weighted by Gasteiger charge is -2.25. The van der Waals surface area contributed by atoms with Gasteiger partial charge >= 0.3 is 0 Å². The maximum Gasteiger partial charge on any atom is 0.258 e. The SMILES string of the molecule is O=C1c2cccnc2[C@@H](Nc2cccc(Cl)c2)N1Cc1ccco1. The molecule has 2 aromatic heterocycles. The lowest BCUT2D eigenvalue weighted by atomic mass is 10.2. The summed E-state index contributed by atoms with van der Waals surface area (Å²) in [4.78, 5) is 18.9. The van der Waals surface area contributed by atoms with Gasteiger partial charge in [-0.2, -0.15) is 0 Å². The van der Waals surface area contributed by atoms with Crippen LogP contribution in [0.4, 0.5) is 5.69 Å². The van der Waals surface area contributed by atoms with Crippen molar-refractivity contribution in [2.75, 3.05) is 5.32 Å². The van der Waals surface area contributed by atoms with E-state index in [4.69, 9.17) is 16.0 Å². The summed E-state index contributed by atoms with van der Waals surface area (Å²) in [5.74, 6) is 0.642. The minimum Gasteiger partial charge on any atom is -0.467 e. The molecule has 1 amide bonds. The lowest BCUT2D eigenvalue weighted by Crippen LogP contribution is -2.31. The number of hydrogen-bond acceptors (Lipinski definition) is 4. The fourth-order valence-electron chi connectivity index (χ4n) is 2.85. The van der Waals surface area contributed by atoms with Gasteiger partial charge in [0.05, 0.1) is 24.1 Å². The molecule has 0 fully saturated rings. The Kier molecular flexibility index (Phi) is 3.70. The zero-order valence-electron chi connectivity index (χ0n) is 12.6. The maximum absolute atomic E-state index is 12.8. The third-order valence-corrected chi connectivity index (χ3v) is 4.17. The van der Waals surface area contributed by atoms with Crippen LogP contribution >= 0.6 is 11.6 Å². The van der Waals surface area contributed by atoms with Gasteiger partial charge in [0.15, 0.2) is 0 Å². The highest BCUT2D eigenvalue weighted by atomic mass is 35.5. The second kappa shape index (κ2) is 6.02. The second-order valence-corrected chi connectivity index (χ2v) is 5.94. The van der Waals surface area contributed by atoms with E-state index in [1.54, 1.807) is 41.6 Å². The number of carbonyl (C=O) groups is 1. The second-order valence-electron chi connectivity index (χ2n) is 5.51. The van der Waals surface area contributed by atoms with Gasteiger partial charge in [0.1, 0.15) is 11.9 Å². The van der Waals surface area contributed by atoms with Crippen LogP contribution in [0, 0.1) is 0 Å². The van der Waals surface area contributed by atoms with Gasteiger partial charge in [-0.05, 0) is 42.5 Å². The largest absolute Gasteiger partial charge is 0.467 e.